The minimum absolute atomic E-state index is 0.0539. The number of nitrogens with two attached hydrogens (primary N) is 1. The molecule has 2 rings (SSSR count). The average molecular weight is 233 g/mol. The van der Waals surface area contributed by atoms with E-state index in [0.717, 1.165) is 18.7 Å². The van der Waals surface area contributed by atoms with Gasteiger partial charge in [0, 0.05) is 26.2 Å². The van der Waals surface area contributed by atoms with Crippen molar-refractivity contribution < 1.29 is 4.79 Å². The van der Waals surface area contributed by atoms with Crippen LogP contribution in [0.1, 0.15) is 5.56 Å². The first-order valence-electron chi connectivity index (χ1n) is 5.93. The maximum atomic E-state index is 12.1. The minimum Gasteiger partial charge on any atom is -0.336 e. The van der Waals surface area contributed by atoms with Gasteiger partial charge in [-0.1, -0.05) is 30.3 Å². The molecular weight excluding hydrogens is 214 g/mol. The van der Waals surface area contributed by atoms with Crippen molar-refractivity contribution in [3.63, 3.8) is 0 Å². The Balaban J connectivity index is 2.07. The van der Waals surface area contributed by atoms with Gasteiger partial charge in [0.05, 0.1) is 6.04 Å². The summed E-state index contributed by atoms with van der Waals surface area (Å²) >= 11 is 0. The number of nitrogens with zero attached hydrogens (tertiary/aromatic N) is 2. The van der Waals surface area contributed by atoms with E-state index >= 15 is 0 Å². The van der Waals surface area contributed by atoms with Crippen LogP contribution in [0.15, 0.2) is 30.3 Å². The number of benzene rings is 1. The largest absolute Gasteiger partial charge is 0.336 e. The summed E-state index contributed by atoms with van der Waals surface area (Å²) in [5, 5.41) is 0. The zero-order chi connectivity index (χ0) is 12.3. The van der Waals surface area contributed by atoms with E-state index in [4.69, 9.17) is 5.73 Å². The number of hydrogen-bond donors (Lipinski definition) is 1. The zero-order valence-corrected chi connectivity index (χ0v) is 10.2. The average Bonchev–Trinajstić information content (AvgIpc) is 2.44. The first-order chi connectivity index (χ1) is 8.16. The minimum atomic E-state index is -0.397. The van der Waals surface area contributed by atoms with Crippen LogP contribution in [0.2, 0.25) is 0 Å². The SMILES string of the molecule is CN1CCN(Cc2ccccc2)C(=O)C(N)C1. The molecule has 2 N–H and O–H groups in total. The Bertz CT molecular complexity index is 380. The number of carbonyl (C=O) groups is 1. The van der Waals surface area contributed by atoms with Gasteiger partial charge in [0.1, 0.15) is 0 Å². The Morgan fingerprint density at radius 3 is 2.71 bits per heavy atom. The highest BCUT2D eigenvalue weighted by Gasteiger charge is 2.25. The van der Waals surface area contributed by atoms with Crippen LogP contribution < -0.4 is 5.73 Å². The summed E-state index contributed by atoms with van der Waals surface area (Å²) in [5.74, 6) is 0.0539. The van der Waals surface area contributed by atoms with Gasteiger partial charge in [-0.2, -0.15) is 0 Å². The molecule has 4 nitrogen and oxygen atoms in total. The summed E-state index contributed by atoms with van der Waals surface area (Å²) in [6.07, 6.45) is 0. The molecule has 1 unspecified atom stereocenters. The molecular formula is C13H19N3O. The van der Waals surface area contributed by atoms with Gasteiger partial charge in [0.2, 0.25) is 5.91 Å². The van der Waals surface area contributed by atoms with Gasteiger partial charge in [-0.25, -0.2) is 0 Å². The van der Waals surface area contributed by atoms with Crippen molar-refractivity contribution in [3.05, 3.63) is 35.9 Å². The molecule has 17 heavy (non-hydrogen) atoms. The van der Waals surface area contributed by atoms with Crippen molar-refractivity contribution in [1.29, 1.82) is 0 Å². The van der Waals surface area contributed by atoms with Crippen molar-refractivity contribution in [2.75, 3.05) is 26.7 Å². The second kappa shape index (κ2) is 5.29. The van der Waals surface area contributed by atoms with Crippen LogP contribution in [0.25, 0.3) is 0 Å². The highest BCUT2D eigenvalue weighted by Crippen LogP contribution is 2.08. The zero-order valence-electron chi connectivity index (χ0n) is 10.2. The van der Waals surface area contributed by atoms with Gasteiger partial charge < -0.3 is 15.5 Å². The Morgan fingerprint density at radius 2 is 2.00 bits per heavy atom. The number of rotatable bonds is 2. The fourth-order valence-corrected chi connectivity index (χ4v) is 2.10. The van der Waals surface area contributed by atoms with Gasteiger partial charge in [0.25, 0.3) is 0 Å². The van der Waals surface area contributed by atoms with Gasteiger partial charge in [-0.3, -0.25) is 4.79 Å². The summed E-state index contributed by atoms with van der Waals surface area (Å²) in [6.45, 7) is 2.93. The third-order valence-electron chi connectivity index (χ3n) is 3.11. The van der Waals surface area contributed by atoms with Gasteiger partial charge in [-0.15, -0.1) is 0 Å². The Labute approximate surface area is 102 Å². The fraction of sp³-hybridized carbons (Fsp3) is 0.462. The van der Waals surface area contributed by atoms with E-state index in [1.807, 2.05) is 42.3 Å². The molecule has 0 aromatic heterocycles. The molecule has 0 radical (unpaired) electrons. The lowest BCUT2D eigenvalue weighted by molar-refractivity contribution is -0.132. The Morgan fingerprint density at radius 1 is 1.29 bits per heavy atom. The topological polar surface area (TPSA) is 49.6 Å². The van der Waals surface area contributed by atoms with Crippen LogP contribution in [0.4, 0.5) is 0 Å². The highest BCUT2D eigenvalue weighted by atomic mass is 16.2. The van der Waals surface area contributed by atoms with Crippen LogP contribution in [-0.4, -0.2) is 48.4 Å². The summed E-state index contributed by atoms with van der Waals surface area (Å²) in [6, 6.07) is 9.63. The normalized spacial score (nSPS) is 22.6. The molecule has 1 heterocycles. The molecule has 1 aliphatic rings. The Hall–Kier alpha value is -1.39. The predicted molar refractivity (Wildman–Crippen MR) is 67.3 cm³/mol. The van der Waals surface area contributed by atoms with E-state index in [2.05, 4.69) is 4.90 Å². The van der Waals surface area contributed by atoms with Gasteiger partial charge >= 0.3 is 0 Å². The number of likely N-dealkylation sites (N-methyl/N-ethyl adjacent to an activating group) is 1. The van der Waals surface area contributed by atoms with Crippen molar-refractivity contribution in [3.8, 4) is 0 Å². The first kappa shape index (κ1) is 12.1. The molecule has 1 atom stereocenters. The van der Waals surface area contributed by atoms with Crippen molar-refractivity contribution in [2.24, 2.45) is 5.73 Å². The molecule has 1 aromatic carbocycles. The summed E-state index contributed by atoms with van der Waals surface area (Å²) in [4.78, 5) is 16.0. The lowest BCUT2D eigenvalue weighted by Gasteiger charge is -2.22. The quantitative estimate of drug-likeness (QED) is 0.798. The monoisotopic (exact) mass is 233 g/mol. The molecule has 4 heteroatoms. The molecule has 0 spiro atoms. The van der Waals surface area contributed by atoms with Crippen molar-refractivity contribution >= 4 is 5.91 Å². The highest BCUT2D eigenvalue weighted by molar-refractivity contribution is 5.82. The Kier molecular flexibility index (Phi) is 3.76. The summed E-state index contributed by atoms with van der Waals surface area (Å²) in [7, 11) is 2.00. The lowest BCUT2D eigenvalue weighted by atomic mass is 10.2. The lowest BCUT2D eigenvalue weighted by Crippen LogP contribution is -2.44. The standard InChI is InChI=1S/C13H19N3O/c1-15-7-8-16(13(17)12(14)10-15)9-11-5-3-2-4-6-11/h2-6,12H,7-10,14H2,1H3. The van der Waals surface area contributed by atoms with Gasteiger partial charge in [0.15, 0.2) is 0 Å². The van der Waals surface area contributed by atoms with Crippen LogP contribution in [0.5, 0.6) is 0 Å². The number of hydrogen-bond acceptors (Lipinski definition) is 3. The van der Waals surface area contributed by atoms with E-state index in [0.29, 0.717) is 13.1 Å². The smallest absolute Gasteiger partial charge is 0.241 e. The molecule has 1 amide bonds. The predicted octanol–water partition coefficient (Wildman–Crippen LogP) is 0.288. The van der Waals surface area contributed by atoms with Crippen LogP contribution in [-0.2, 0) is 11.3 Å². The number of amides is 1. The second-order valence-electron chi connectivity index (χ2n) is 4.61. The van der Waals surface area contributed by atoms with Crippen LogP contribution in [0, 0.1) is 0 Å². The molecule has 92 valence electrons. The fourth-order valence-electron chi connectivity index (χ4n) is 2.10. The van der Waals surface area contributed by atoms with Gasteiger partial charge in [-0.05, 0) is 12.6 Å². The van der Waals surface area contributed by atoms with Crippen molar-refractivity contribution in [1.82, 2.24) is 9.80 Å². The molecule has 1 fully saturated rings. The molecule has 0 saturated carbocycles. The molecule has 0 bridgehead atoms. The van der Waals surface area contributed by atoms with E-state index in [-0.39, 0.29) is 5.91 Å². The summed E-state index contributed by atoms with van der Waals surface area (Å²) < 4.78 is 0. The van der Waals surface area contributed by atoms with E-state index in [9.17, 15) is 4.79 Å². The first-order valence-corrected chi connectivity index (χ1v) is 5.93. The van der Waals surface area contributed by atoms with Crippen molar-refractivity contribution in [2.45, 2.75) is 12.6 Å². The molecule has 1 aliphatic heterocycles. The number of carbonyl (C=O) groups excluding carboxylic acids is 1. The molecule has 1 saturated heterocycles. The van der Waals surface area contributed by atoms with Crippen LogP contribution in [0.3, 0.4) is 0 Å². The third-order valence-corrected chi connectivity index (χ3v) is 3.11. The maximum Gasteiger partial charge on any atom is 0.241 e. The third kappa shape index (κ3) is 3.05. The molecule has 0 aliphatic carbocycles. The molecule has 1 aromatic rings. The van der Waals surface area contributed by atoms with E-state index < -0.39 is 6.04 Å². The van der Waals surface area contributed by atoms with E-state index in [1.54, 1.807) is 0 Å². The van der Waals surface area contributed by atoms with E-state index in [1.165, 1.54) is 0 Å². The second-order valence-corrected chi connectivity index (χ2v) is 4.61. The van der Waals surface area contributed by atoms with Crippen LogP contribution >= 0.6 is 0 Å². The summed E-state index contributed by atoms with van der Waals surface area (Å²) in [5.41, 5.74) is 7.03. The maximum absolute atomic E-state index is 12.1.